The lowest BCUT2D eigenvalue weighted by Crippen LogP contribution is -2.24. The highest BCUT2D eigenvalue weighted by molar-refractivity contribution is 8.00. The SMILES string of the molecule is CCc1cccc(CC)c1NC(=O)C(C)Sc1nc2scc(C(=O)O)c2c(=O)[nH]1. The van der Waals surface area contributed by atoms with Gasteiger partial charge in [0.1, 0.15) is 4.83 Å². The molecule has 7 nitrogen and oxygen atoms in total. The predicted molar refractivity (Wildman–Crippen MR) is 116 cm³/mol. The highest BCUT2D eigenvalue weighted by Gasteiger charge is 2.21. The van der Waals surface area contributed by atoms with Crippen molar-refractivity contribution < 1.29 is 14.7 Å². The smallest absolute Gasteiger partial charge is 0.337 e. The summed E-state index contributed by atoms with van der Waals surface area (Å²) in [5, 5.41) is 13.4. The van der Waals surface area contributed by atoms with Crippen LogP contribution in [0.2, 0.25) is 0 Å². The first-order chi connectivity index (χ1) is 13.8. The number of rotatable bonds is 7. The van der Waals surface area contributed by atoms with Crippen LogP contribution < -0.4 is 10.9 Å². The molecule has 152 valence electrons. The summed E-state index contributed by atoms with van der Waals surface area (Å²) in [5.74, 6) is -1.36. The highest BCUT2D eigenvalue weighted by atomic mass is 32.2. The Bertz CT molecular complexity index is 1110. The summed E-state index contributed by atoms with van der Waals surface area (Å²) in [6, 6.07) is 5.98. The van der Waals surface area contributed by atoms with Crippen molar-refractivity contribution in [3.63, 3.8) is 0 Å². The van der Waals surface area contributed by atoms with Gasteiger partial charge in [0.05, 0.1) is 16.2 Å². The number of aromatic amines is 1. The number of nitrogens with zero attached hydrogens (tertiary/aromatic N) is 1. The van der Waals surface area contributed by atoms with Crippen molar-refractivity contribution >= 4 is 50.9 Å². The van der Waals surface area contributed by atoms with Crippen LogP contribution in [0.25, 0.3) is 10.2 Å². The van der Waals surface area contributed by atoms with E-state index >= 15 is 0 Å². The number of aromatic nitrogens is 2. The number of fused-ring (bicyclic) bond motifs is 1. The first kappa shape index (κ1) is 21.1. The van der Waals surface area contributed by atoms with Crippen LogP contribution in [0.15, 0.2) is 33.5 Å². The van der Waals surface area contributed by atoms with Gasteiger partial charge in [-0.1, -0.05) is 43.8 Å². The maximum absolute atomic E-state index is 12.8. The lowest BCUT2D eigenvalue weighted by Gasteiger charge is -2.17. The van der Waals surface area contributed by atoms with E-state index in [9.17, 15) is 19.5 Å². The van der Waals surface area contributed by atoms with Crippen molar-refractivity contribution in [1.82, 2.24) is 9.97 Å². The molecule has 3 rings (SSSR count). The molecule has 2 heterocycles. The highest BCUT2D eigenvalue weighted by Crippen LogP contribution is 2.27. The average Bonchev–Trinajstić information content (AvgIpc) is 3.12. The molecule has 0 aliphatic rings. The third kappa shape index (κ3) is 4.35. The van der Waals surface area contributed by atoms with Crippen LogP contribution in [0.5, 0.6) is 0 Å². The molecule has 0 aliphatic carbocycles. The molecular formula is C20H21N3O4S2. The van der Waals surface area contributed by atoms with Crippen LogP contribution >= 0.6 is 23.1 Å². The molecular weight excluding hydrogens is 410 g/mol. The quantitative estimate of drug-likeness (QED) is 0.386. The number of nitrogens with one attached hydrogen (secondary N) is 2. The van der Waals surface area contributed by atoms with E-state index < -0.39 is 16.8 Å². The largest absolute Gasteiger partial charge is 0.478 e. The Hall–Kier alpha value is -2.65. The number of thioether (sulfide) groups is 1. The molecule has 0 bridgehead atoms. The summed E-state index contributed by atoms with van der Waals surface area (Å²) >= 11 is 2.22. The van der Waals surface area contributed by atoms with E-state index in [0.29, 0.717) is 4.83 Å². The van der Waals surface area contributed by atoms with Gasteiger partial charge in [0, 0.05) is 11.1 Å². The Kier molecular flexibility index (Phi) is 6.39. The minimum Gasteiger partial charge on any atom is -0.478 e. The second-order valence-electron chi connectivity index (χ2n) is 6.41. The Morgan fingerprint density at radius 1 is 1.28 bits per heavy atom. The number of hydrogen-bond donors (Lipinski definition) is 3. The van der Waals surface area contributed by atoms with Gasteiger partial charge in [-0.2, -0.15) is 0 Å². The summed E-state index contributed by atoms with van der Waals surface area (Å²) in [6.07, 6.45) is 1.61. The molecule has 0 radical (unpaired) electrons. The number of carbonyl (C=O) groups is 2. The zero-order valence-corrected chi connectivity index (χ0v) is 17.9. The number of benzene rings is 1. The molecule has 0 saturated heterocycles. The summed E-state index contributed by atoms with van der Waals surface area (Å²) in [7, 11) is 0. The van der Waals surface area contributed by atoms with Crippen LogP contribution in [0, 0.1) is 0 Å². The van der Waals surface area contributed by atoms with Gasteiger partial charge in [0.25, 0.3) is 5.56 Å². The number of aromatic carboxylic acids is 1. The lowest BCUT2D eigenvalue weighted by atomic mass is 10.0. The number of thiophene rings is 1. The molecule has 3 aromatic rings. The fourth-order valence-corrected chi connectivity index (χ4v) is 4.76. The number of H-pyrrole nitrogens is 1. The van der Waals surface area contributed by atoms with E-state index in [1.165, 1.54) is 5.38 Å². The van der Waals surface area contributed by atoms with Gasteiger partial charge < -0.3 is 15.4 Å². The van der Waals surface area contributed by atoms with Crippen LogP contribution in [-0.2, 0) is 17.6 Å². The number of para-hydroxylation sites is 1. The molecule has 1 atom stereocenters. The normalized spacial score (nSPS) is 12.1. The Labute approximate surface area is 175 Å². The van der Waals surface area contributed by atoms with Crippen molar-refractivity contribution in [1.29, 1.82) is 0 Å². The van der Waals surface area contributed by atoms with Crippen molar-refractivity contribution in [2.75, 3.05) is 5.32 Å². The third-order valence-electron chi connectivity index (χ3n) is 4.56. The standard InChI is InChI=1S/C20H21N3O4S2/c1-4-11-7-6-8-12(5-2)15(11)21-16(24)10(3)29-20-22-17(25)14-13(19(26)27)9-28-18(14)23-20/h6-10H,4-5H2,1-3H3,(H,21,24)(H,26,27)(H,22,23,25). The van der Waals surface area contributed by atoms with Gasteiger partial charge in [-0.25, -0.2) is 9.78 Å². The van der Waals surface area contributed by atoms with E-state index in [2.05, 4.69) is 15.3 Å². The van der Waals surface area contributed by atoms with Crippen molar-refractivity contribution in [2.45, 2.75) is 44.0 Å². The van der Waals surface area contributed by atoms with E-state index in [-0.39, 0.29) is 22.0 Å². The van der Waals surface area contributed by atoms with Crippen molar-refractivity contribution in [3.05, 3.63) is 50.6 Å². The molecule has 2 aromatic heterocycles. The minimum atomic E-state index is -1.17. The van der Waals surface area contributed by atoms with E-state index in [4.69, 9.17) is 0 Å². The van der Waals surface area contributed by atoms with Gasteiger partial charge in [0.2, 0.25) is 5.91 Å². The van der Waals surface area contributed by atoms with E-state index in [1.54, 1.807) is 6.92 Å². The van der Waals surface area contributed by atoms with Crippen LogP contribution in [-0.4, -0.2) is 32.2 Å². The number of amides is 1. The monoisotopic (exact) mass is 431 g/mol. The van der Waals surface area contributed by atoms with Crippen LogP contribution in [0.1, 0.15) is 42.3 Å². The molecule has 0 fully saturated rings. The first-order valence-electron chi connectivity index (χ1n) is 9.18. The predicted octanol–water partition coefficient (Wildman–Crippen LogP) is 3.93. The maximum atomic E-state index is 12.8. The molecule has 29 heavy (non-hydrogen) atoms. The Morgan fingerprint density at radius 2 is 1.93 bits per heavy atom. The maximum Gasteiger partial charge on any atom is 0.337 e. The fourth-order valence-electron chi connectivity index (χ4n) is 2.99. The van der Waals surface area contributed by atoms with E-state index in [1.807, 2.05) is 32.0 Å². The second kappa shape index (κ2) is 8.79. The fraction of sp³-hybridized carbons (Fsp3) is 0.300. The summed E-state index contributed by atoms with van der Waals surface area (Å²) in [6.45, 7) is 5.82. The van der Waals surface area contributed by atoms with E-state index in [0.717, 1.165) is 52.8 Å². The number of carboxylic acids is 1. The number of aryl methyl sites for hydroxylation is 2. The van der Waals surface area contributed by atoms with Crippen molar-refractivity contribution in [3.8, 4) is 0 Å². The number of carboxylic acid groups (broad SMARTS) is 1. The topological polar surface area (TPSA) is 112 Å². The molecule has 1 unspecified atom stereocenters. The minimum absolute atomic E-state index is 0.0633. The summed E-state index contributed by atoms with van der Waals surface area (Å²) in [4.78, 5) is 43.6. The van der Waals surface area contributed by atoms with Gasteiger partial charge in [0.15, 0.2) is 5.16 Å². The Balaban J connectivity index is 1.82. The van der Waals surface area contributed by atoms with Crippen LogP contribution in [0.3, 0.4) is 0 Å². The third-order valence-corrected chi connectivity index (χ3v) is 6.41. The molecule has 0 saturated carbocycles. The van der Waals surface area contributed by atoms with Gasteiger partial charge >= 0.3 is 5.97 Å². The average molecular weight is 432 g/mol. The Morgan fingerprint density at radius 3 is 2.52 bits per heavy atom. The molecule has 0 spiro atoms. The first-order valence-corrected chi connectivity index (χ1v) is 10.9. The van der Waals surface area contributed by atoms with Crippen LogP contribution in [0.4, 0.5) is 5.69 Å². The number of carbonyl (C=O) groups excluding carboxylic acids is 1. The molecule has 1 amide bonds. The lowest BCUT2D eigenvalue weighted by molar-refractivity contribution is -0.115. The summed E-state index contributed by atoms with van der Waals surface area (Å²) < 4.78 is 0. The second-order valence-corrected chi connectivity index (χ2v) is 8.60. The van der Waals surface area contributed by atoms with Gasteiger partial charge in [-0.3, -0.25) is 9.59 Å². The number of hydrogen-bond acceptors (Lipinski definition) is 6. The zero-order valence-electron chi connectivity index (χ0n) is 16.2. The summed E-state index contributed by atoms with van der Waals surface area (Å²) in [5.41, 5.74) is 2.40. The van der Waals surface area contributed by atoms with Gasteiger partial charge in [-0.15, -0.1) is 11.3 Å². The molecule has 3 N–H and O–H groups in total. The molecule has 1 aromatic carbocycles. The number of anilines is 1. The molecule has 9 heteroatoms. The zero-order chi connectivity index (χ0) is 21.1. The van der Waals surface area contributed by atoms with Crippen molar-refractivity contribution in [2.24, 2.45) is 0 Å². The molecule has 0 aliphatic heterocycles. The van der Waals surface area contributed by atoms with Gasteiger partial charge in [-0.05, 0) is 30.9 Å².